The summed E-state index contributed by atoms with van der Waals surface area (Å²) in [6, 6.07) is 0.720. The van der Waals surface area contributed by atoms with Crippen molar-refractivity contribution >= 4 is 0 Å². The smallest absolute Gasteiger partial charge is 0.00385 e. The summed E-state index contributed by atoms with van der Waals surface area (Å²) in [6.07, 6.45) is 2.95. The van der Waals surface area contributed by atoms with E-state index in [4.69, 9.17) is 0 Å². The summed E-state index contributed by atoms with van der Waals surface area (Å²) in [5, 5.41) is 0. The molecule has 0 aromatic heterocycles. The van der Waals surface area contributed by atoms with Gasteiger partial charge in [0.2, 0.25) is 0 Å². The fourth-order valence-electron chi connectivity index (χ4n) is 2.52. The highest BCUT2D eigenvalue weighted by molar-refractivity contribution is 4.83. The highest BCUT2D eigenvalue weighted by Crippen LogP contribution is 2.39. The molecule has 1 aliphatic carbocycles. The van der Waals surface area contributed by atoms with Crippen molar-refractivity contribution in [2.45, 2.75) is 53.5 Å². The maximum atomic E-state index is 2.60. The molecule has 0 heterocycles. The van der Waals surface area contributed by atoms with Crippen LogP contribution in [0.3, 0.4) is 0 Å². The largest absolute Gasteiger partial charge is 0.301 e. The maximum absolute atomic E-state index is 2.60. The Kier molecular flexibility index (Phi) is 4.43. The van der Waals surface area contributed by atoms with Gasteiger partial charge in [-0.1, -0.05) is 20.8 Å². The van der Waals surface area contributed by atoms with Crippen LogP contribution in [0.25, 0.3) is 0 Å². The number of hydrogen-bond acceptors (Lipinski definition) is 1. The van der Waals surface area contributed by atoms with Gasteiger partial charge in [0, 0.05) is 12.6 Å². The lowest BCUT2D eigenvalue weighted by Crippen LogP contribution is -2.40. The molecule has 0 amide bonds. The second-order valence-electron chi connectivity index (χ2n) is 5.52. The van der Waals surface area contributed by atoms with Crippen LogP contribution < -0.4 is 0 Å². The van der Waals surface area contributed by atoms with Gasteiger partial charge in [0.05, 0.1) is 0 Å². The van der Waals surface area contributed by atoms with Crippen molar-refractivity contribution in [2.24, 2.45) is 17.8 Å². The molecule has 14 heavy (non-hydrogen) atoms. The van der Waals surface area contributed by atoms with Crippen LogP contribution in [0, 0.1) is 17.8 Å². The highest BCUT2D eigenvalue weighted by atomic mass is 15.1. The minimum atomic E-state index is 0.720. The van der Waals surface area contributed by atoms with Gasteiger partial charge in [0.1, 0.15) is 0 Å². The first-order chi connectivity index (χ1) is 6.54. The van der Waals surface area contributed by atoms with E-state index in [0.717, 1.165) is 23.8 Å². The molecular weight excluding hydrogens is 170 g/mol. The monoisotopic (exact) mass is 197 g/mol. The van der Waals surface area contributed by atoms with Crippen molar-refractivity contribution in [3.63, 3.8) is 0 Å². The van der Waals surface area contributed by atoms with E-state index in [9.17, 15) is 0 Å². The van der Waals surface area contributed by atoms with Crippen molar-refractivity contribution in [1.82, 2.24) is 4.90 Å². The zero-order chi connectivity index (χ0) is 10.7. The molecule has 0 N–H and O–H groups in total. The summed E-state index contributed by atoms with van der Waals surface area (Å²) in [4.78, 5) is 2.60. The van der Waals surface area contributed by atoms with E-state index >= 15 is 0 Å². The molecule has 0 spiro atoms. The molecule has 1 aliphatic rings. The molecule has 0 atom stereocenters. The van der Waals surface area contributed by atoms with Crippen LogP contribution in [0.2, 0.25) is 0 Å². The Labute approximate surface area is 89.9 Å². The average molecular weight is 197 g/mol. The SMILES string of the molecule is CCN(CC1CC(C(C)C)C1)C(C)C. The van der Waals surface area contributed by atoms with Crippen LogP contribution in [0.1, 0.15) is 47.5 Å². The zero-order valence-corrected chi connectivity index (χ0v) is 10.6. The first-order valence-electron chi connectivity index (χ1n) is 6.28. The summed E-state index contributed by atoms with van der Waals surface area (Å²) < 4.78 is 0. The Morgan fingerprint density at radius 1 is 1.14 bits per heavy atom. The fraction of sp³-hybridized carbons (Fsp3) is 1.00. The molecule has 0 radical (unpaired) electrons. The lowest BCUT2D eigenvalue weighted by Gasteiger charge is -2.41. The Hall–Kier alpha value is -0.0400. The fourth-order valence-corrected chi connectivity index (χ4v) is 2.52. The van der Waals surface area contributed by atoms with E-state index < -0.39 is 0 Å². The van der Waals surface area contributed by atoms with Gasteiger partial charge in [0.15, 0.2) is 0 Å². The second-order valence-corrected chi connectivity index (χ2v) is 5.52. The van der Waals surface area contributed by atoms with E-state index in [1.54, 1.807) is 0 Å². The first kappa shape index (κ1) is 12.0. The maximum Gasteiger partial charge on any atom is 0.00385 e. The van der Waals surface area contributed by atoms with Gasteiger partial charge >= 0.3 is 0 Å². The number of hydrogen-bond donors (Lipinski definition) is 0. The molecule has 1 saturated carbocycles. The number of rotatable bonds is 5. The third kappa shape index (κ3) is 2.98. The Morgan fingerprint density at radius 3 is 2.07 bits per heavy atom. The predicted molar refractivity (Wildman–Crippen MR) is 63.4 cm³/mol. The van der Waals surface area contributed by atoms with E-state index in [1.165, 1.54) is 25.9 Å². The predicted octanol–water partition coefficient (Wildman–Crippen LogP) is 3.40. The molecule has 1 rings (SSSR count). The van der Waals surface area contributed by atoms with E-state index in [0.29, 0.717) is 0 Å². The van der Waals surface area contributed by atoms with Gasteiger partial charge < -0.3 is 4.90 Å². The Bertz CT molecular complexity index is 157. The molecule has 1 nitrogen and oxygen atoms in total. The molecule has 1 fully saturated rings. The Morgan fingerprint density at radius 2 is 1.71 bits per heavy atom. The average Bonchev–Trinajstić information content (AvgIpc) is 2.00. The summed E-state index contributed by atoms with van der Waals surface area (Å²) >= 11 is 0. The minimum absolute atomic E-state index is 0.720. The molecule has 0 aromatic carbocycles. The van der Waals surface area contributed by atoms with Gasteiger partial charge in [-0.3, -0.25) is 0 Å². The summed E-state index contributed by atoms with van der Waals surface area (Å²) in [7, 11) is 0. The van der Waals surface area contributed by atoms with Crippen LogP contribution in [0.4, 0.5) is 0 Å². The summed E-state index contributed by atoms with van der Waals surface area (Å²) in [5.74, 6) is 2.91. The van der Waals surface area contributed by atoms with Crippen LogP contribution in [0.5, 0.6) is 0 Å². The molecule has 0 unspecified atom stereocenters. The van der Waals surface area contributed by atoms with E-state index in [1.807, 2.05) is 0 Å². The third-order valence-corrected chi connectivity index (χ3v) is 3.84. The van der Waals surface area contributed by atoms with Crippen LogP contribution in [-0.2, 0) is 0 Å². The van der Waals surface area contributed by atoms with Crippen molar-refractivity contribution < 1.29 is 0 Å². The van der Waals surface area contributed by atoms with E-state index in [-0.39, 0.29) is 0 Å². The quantitative estimate of drug-likeness (QED) is 0.653. The normalized spacial score (nSPS) is 27.4. The molecule has 0 aliphatic heterocycles. The van der Waals surface area contributed by atoms with Gasteiger partial charge in [-0.2, -0.15) is 0 Å². The van der Waals surface area contributed by atoms with Crippen molar-refractivity contribution in [2.75, 3.05) is 13.1 Å². The Balaban J connectivity index is 2.21. The van der Waals surface area contributed by atoms with Gasteiger partial charge in [-0.05, 0) is 51.0 Å². The highest BCUT2D eigenvalue weighted by Gasteiger charge is 2.32. The van der Waals surface area contributed by atoms with Crippen molar-refractivity contribution in [3.05, 3.63) is 0 Å². The summed E-state index contributed by atoms with van der Waals surface area (Å²) in [5.41, 5.74) is 0. The van der Waals surface area contributed by atoms with Gasteiger partial charge in [0.25, 0.3) is 0 Å². The number of nitrogens with zero attached hydrogens (tertiary/aromatic N) is 1. The van der Waals surface area contributed by atoms with Crippen LogP contribution in [0.15, 0.2) is 0 Å². The molecule has 84 valence electrons. The second kappa shape index (κ2) is 5.16. The first-order valence-corrected chi connectivity index (χ1v) is 6.28. The molecule has 1 heteroatoms. The molecule has 0 saturated heterocycles. The van der Waals surface area contributed by atoms with Gasteiger partial charge in [-0.25, -0.2) is 0 Å². The summed E-state index contributed by atoms with van der Waals surface area (Å²) in [6.45, 7) is 14.2. The van der Waals surface area contributed by atoms with Crippen LogP contribution in [-0.4, -0.2) is 24.0 Å². The topological polar surface area (TPSA) is 3.24 Å². The van der Waals surface area contributed by atoms with Gasteiger partial charge in [-0.15, -0.1) is 0 Å². The standard InChI is InChI=1S/C13H27N/c1-6-14(11(4)5)9-12-7-13(8-12)10(2)3/h10-13H,6-9H2,1-5H3. The molecule has 0 aromatic rings. The molecule has 0 bridgehead atoms. The van der Waals surface area contributed by atoms with Crippen LogP contribution >= 0.6 is 0 Å². The van der Waals surface area contributed by atoms with E-state index in [2.05, 4.69) is 39.5 Å². The zero-order valence-electron chi connectivity index (χ0n) is 10.6. The lowest BCUT2D eigenvalue weighted by atomic mass is 9.69. The lowest BCUT2D eigenvalue weighted by molar-refractivity contribution is 0.0845. The minimum Gasteiger partial charge on any atom is -0.301 e. The van der Waals surface area contributed by atoms with Crippen molar-refractivity contribution in [1.29, 1.82) is 0 Å². The molecular formula is C13H27N. The third-order valence-electron chi connectivity index (χ3n) is 3.84. The van der Waals surface area contributed by atoms with Crippen molar-refractivity contribution in [3.8, 4) is 0 Å².